The molecule has 0 radical (unpaired) electrons. The summed E-state index contributed by atoms with van der Waals surface area (Å²) in [5, 5.41) is 1.07. The van der Waals surface area contributed by atoms with Crippen LogP contribution in [0.4, 0.5) is 0 Å². The van der Waals surface area contributed by atoms with Crippen molar-refractivity contribution in [3.63, 3.8) is 0 Å². The van der Waals surface area contributed by atoms with Gasteiger partial charge < -0.3 is 4.74 Å². The molecule has 0 aromatic heterocycles. The van der Waals surface area contributed by atoms with E-state index in [-0.39, 0.29) is 0 Å². The molecule has 1 unspecified atom stereocenters. The Bertz CT molecular complexity index is 148. The molecule has 0 aromatic rings. The minimum Gasteiger partial charge on any atom is -0.383 e. The summed E-state index contributed by atoms with van der Waals surface area (Å²) < 4.78 is 5.23. The highest BCUT2D eigenvalue weighted by Gasteiger charge is 2.25. The lowest BCUT2D eigenvalue weighted by atomic mass is 10.1. The van der Waals surface area contributed by atoms with E-state index >= 15 is 0 Å². The molecule has 0 amide bonds. The maximum atomic E-state index is 5.23. The van der Waals surface area contributed by atoms with Gasteiger partial charge in [0, 0.05) is 31.1 Å². The Morgan fingerprint density at radius 3 is 2.57 bits per heavy atom. The zero-order valence-corrected chi connectivity index (χ0v) is 10.9. The summed E-state index contributed by atoms with van der Waals surface area (Å²) in [5.74, 6) is 0. The zero-order chi connectivity index (χ0) is 10.4. The first-order chi connectivity index (χ1) is 6.79. The maximum absolute atomic E-state index is 5.23. The van der Waals surface area contributed by atoms with Crippen molar-refractivity contribution in [3.8, 4) is 0 Å². The lowest BCUT2D eigenvalue weighted by Crippen LogP contribution is -2.43. The summed E-state index contributed by atoms with van der Waals surface area (Å²) in [6, 6.07) is 1.36. The number of hydrogen-bond donors (Lipinski definition) is 0. The predicted octanol–water partition coefficient (Wildman–Crippen LogP) is 2.66. The molecule has 1 aliphatic rings. The van der Waals surface area contributed by atoms with Crippen molar-refractivity contribution in [1.82, 2.24) is 4.90 Å². The summed E-state index contributed by atoms with van der Waals surface area (Å²) in [4.78, 5) is 2.60. The summed E-state index contributed by atoms with van der Waals surface area (Å²) >= 11 is 3.53. The van der Waals surface area contributed by atoms with Crippen LogP contribution in [0.25, 0.3) is 0 Å². The number of halogens is 1. The molecule has 3 heteroatoms. The van der Waals surface area contributed by atoms with E-state index in [1.807, 2.05) is 0 Å². The molecule has 0 saturated heterocycles. The Kier molecular flexibility index (Phi) is 6.06. The highest BCUT2D eigenvalue weighted by Crippen LogP contribution is 2.25. The van der Waals surface area contributed by atoms with Gasteiger partial charge in [0.1, 0.15) is 0 Å². The van der Waals surface area contributed by atoms with Gasteiger partial charge in [-0.15, -0.1) is 0 Å². The molecule has 84 valence electrons. The molecule has 0 bridgehead atoms. The Balaban J connectivity index is 2.43. The number of alkyl halides is 1. The fourth-order valence-corrected chi connectivity index (χ4v) is 2.84. The van der Waals surface area contributed by atoms with E-state index in [0.717, 1.165) is 24.5 Å². The fourth-order valence-electron chi connectivity index (χ4n) is 2.43. The second-order valence-corrected chi connectivity index (χ2v) is 4.96. The Labute approximate surface area is 96.1 Å². The van der Waals surface area contributed by atoms with Gasteiger partial charge in [0.25, 0.3) is 0 Å². The predicted molar refractivity (Wildman–Crippen MR) is 64.1 cm³/mol. The highest BCUT2D eigenvalue weighted by molar-refractivity contribution is 9.09. The van der Waals surface area contributed by atoms with Crippen LogP contribution in [0.2, 0.25) is 0 Å². The van der Waals surface area contributed by atoms with Crippen LogP contribution in [0.1, 0.15) is 32.6 Å². The number of ether oxygens (including phenoxy) is 1. The van der Waals surface area contributed by atoms with Crippen molar-refractivity contribution >= 4 is 15.9 Å². The summed E-state index contributed by atoms with van der Waals surface area (Å²) in [5.41, 5.74) is 0. The molecule has 14 heavy (non-hydrogen) atoms. The van der Waals surface area contributed by atoms with Crippen LogP contribution in [0.15, 0.2) is 0 Å². The monoisotopic (exact) mass is 263 g/mol. The van der Waals surface area contributed by atoms with Gasteiger partial charge in [-0.05, 0) is 19.8 Å². The van der Waals surface area contributed by atoms with Gasteiger partial charge in [-0.25, -0.2) is 0 Å². The first kappa shape index (κ1) is 12.5. The lowest BCUT2D eigenvalue weighted by Gasteiger charge is -2.33. The van der Waals surface area contributed by atoms with Gasteiger partial charge >= 0.3 is 0 Å². The highest BCUT2D eigenvalue weighted by atomic mass is 79.9. The minimum atomic E-state index is 0.556. The van der Waals surface area contributed by atoms with Crippen LogP contribution in [-0.2, 0) is 4.74 Å². The van der Waals surface area contributed by atoms with Crippen molar-refractivity contribution < 1.29 is 4.74 Å². The first-order valence-electron chi connectivity index (χ1n) is 5.60. The molecular weight excluding hydrogens is 242 g/mol. The molecular formula is C11H22BrNO. The van der Waals surface area contributed by atoms with Crippen LogP contribution in [-0.4, -0.2) is 42.6 Å². The molecule has 0 aliphatic heterocycles. The molecule has 0 heterocycles. The van der Waals surface area contributed by atoms with Crippen molar-refractivity contribution in [2.75, 3.05) is 25.6 Å². The average Bonchev–Trinajstić information content (AvgIpc) is 2.67. The van der Waals surface area contributed by atoms with Gasteiger partial charge in [-0.2, -0.15) is 0 Å². The van der Waals surface area contributed by atoms with Crippen LogP contribution < -0.4 is 0 Å². The van der Waals surface area contributed by atoms with Crippen molar-refractivity contribution in [3.05, 3.63) is 0 Å². The normalized spacial score (nSPS) is 20.6. The SMILES string of the molecule is COCC(C)N(CCBr)C1CCCC1. The number of hydrogen-bond acceptors (Lipinski definition) is 2. The van der Waals surface area contributed by atoms with E-state index < -0.39 is 0 Å². The first-order valence-corrected chi connectivity index (χ1v) is 6.72. The van der Waals surface area contributed by atoms with E-state index in [9.17, 15) is 0 Å². The third-order valence-corrected chi connectivity index (χ3v) is 3.47. The number of nitrogens with zero attached hydrogens (tertiary/aromatic N) is 1. The number of rotatable bonds is 6. The van der Waals surface area contributed by atoms with Gasteiger partial charge in [0.15, 0.2) is 0 Å². The Hall–Kier alpha value is 0.400. The van der Waals surface area contributed by atoms with Crippen LogP contribution in [0.5, 0.6) is 0 Å². The number of methoxy groups -OCH3 is 1. The topological polar surface area (TPSA) is 12.5 Å². The lowest BCUT2D eigenvalue weighted by molar-refractivity contribution is 0.0759. The molecule has 2 nitrogen and oxygen atoms in total. The van der Waals surface area contributed by atoms with E-state index in [1.54, 1.807) is 7.11 Å². The molecule has 1 saturated carbocycles. The molecule has 0 spiro atoms. The van der Waals surface area contributed by atoms with Gasteiger partial charge in [-0.1, -0.05) is 28.8 Å². The smallest absolute Gasteiger partial charge is 0.0615 e. The van der Waals surface area contributed by atoms with E-state index in [0.29, 0.717) is 6.04 Å². The van der Waals surface area contributed by atoms with Crippen LogP contribution >= 0.6 is 15.9 Å². The third kappa shape index (κ3) is 3.52. The Morgan fingerprint density at radius 1 is 1.43 bits per heavy atom. The van der Waals surface area contributed by atoms with Gasteiger partial charge in [0.2, 0.25) is 0 Å². The third-order valence-electron chi connectivity index (χ3n) is 3.11. The largest absolute Gasteiger partial charge is 0.383 e. The molecule has 1 atom stereocenters. The quantitative estimate of drug-likeness (QED) is 0.684. The minimum absolute atomic E-state index is 0.556. The molecule has 0 N–H and O–H groups in total. The molecule has 0 aromatic carbocycles. The van der Waals surface area contributed by atoms with E-state index in [4.69, 9.17) is 4.74 Å². The standard InChI is InChI=1S/C11H22BrNO/c1-10(9-14-2)13(8-7-12)11-5-3-4-6-11/h10-11H,3-9H2,1-2H3. The van der Waals surface area contributed by atoms with E-state index in [1.165, 1.54) is 25.7 Å². The van der Waals surface area contributed by atoms with Crippen molar-refractivity contribution in [1.29, 1.82) is 0 Å². The summed E-state index contributed by atoms with van der Waals surface area (Å²) in [6.07, 6.45) is 5.56. The second-order valence-electron chi connectivity index (χ2n) is 4.17. The molecule has 1 aliphatic carbocycles. The maximum Gasteiger partial charge on any atom is 0.0615 e. The van der Waals surface area contributed by atoms with E-state index in [2.05, 4.69) is 27.8 Å². The van der Waals surface area contributed by atoms with Crippen molar-refractivity contribution in [2.24, 2.45) is 0 Å². The van der Waals surface area contributed by atoms with Crippen LogP contribution in [0, 0.1) is 0 Å². The van der Waals surface area contributed by atoms with Gasteiger partial charge in [0.05, 0.1) is 6.61 Å². The van der Waals surface area contributed by atoms with Gasteiger partial charge in [-0.3, -0.25) is 4.90 Å². The fraction of sp³-hybridized carbons (Fsp3) is 1.00. The zero-order valence-electron chi connectivity index (χ0n) is 9.34. The average molecular weight is 264 g/mol. The summed E-state index contributed by atoms with van der Waals surface area (Å²) in [6.45, 7) is 4.27. The molecule has 1 fully saturated rings. The Morgan fingerprint density at radius 2 is 2.07 bits per heavy atom. The van der Waals surface area contributed by atoms with Crippen molar-refractivity contribution in [2.45, 2.75) is 44.7 Å². The molecule has 1 rings (SSSR count). The summed E-state index contributed by atoms with van der Waals surface area (Å²) in [7, 11) is 1.79. The second kappa shape index (κ2) is 6.81. The van der Waals surface area contributed by atoms with Crippen LogP contribution in [0.3, 0.4) is 0 Å².